The maximum atomic E-state index is 12.3. The first-order chi connectivity index (χ1) is 12.7. The summed E-state index contributed by atoms with van der Waals surface area (Å²) in [6.45, 7) is 2.63. The molecule has 0 aromatic heterocycles. The number of fused-ring (bicyclic) bond motifs is 1. The van der Waals surface area contributed by atoms with Crippen LogP contribution in [0.4, 0.5) is 0 Å². The van der Waals surface area contributed by atoms with Crippen molar-refractivity contribution in [2.24, 2.45) is 5.73 Å². The molecule has 4 rings (SSSR count). The van der Waals surface area contributed by atoms with Crippen molar-refractivity contribution in [3.05, 3.63) is 59.7 Å². The number of halogens is 1. The van der Waals surface area contributed by atoms with Crippen LogP contribution < -0.4 is 20.5 Å². The van der Waals surface area contributed by atoms with E-state index >= 15 is 0 Å². The third-order valence-electron chi connectivity index (χ3n) is 4.96. The van der Waals surface area contributed by atoms with E-state index in [2.05, 4.69) is 22.3 Å². The fraction of sp³-hybridized carbons (Fsp3) is 0.350. The zero-order chi connectivity index (χ0) is 17.9. The number of nitrogens with two attached hydrogens (primary N) is 1. The van der Waals surface area contributed by atoms with Crippen molar-refractivity contribution in [3.8, 4) is 11.5 Å². The van der Waals surface area contributed by atoms with Crippen LogP contribution in [0.5, 0.6) is 11.5 Å². The second kappa shape index (κ2) is 8.61. The molecule has 2 atom stereocenters. The van der Waals surface area contributed by atoms with Crippen LogP contribution in [0, 0.1) is 0 Å². The summed E-state index contributed by atoms with van der Waals surface area (Å²) in [6, 6.07) is 16.0. The molecule has 2 aromatic rings. The molecule has 0 bridgehead atoms. The molecule has 2 aliphatic heterocycles. The van der Waals surface area contributed by atoms with E-state index in [9.17, 15) is 4.79 Å². The Kier molecular flexibility index (Phi) is 6.21. The van der Waals surface area contributed by atoms with Gasteiger partial charge in [0.1, 0.15) is 0 Å². The average Bonchev–Trinajstić information content (AvgIpc) is 3.26. The monoisotopic (exact) mass is 389 g/mol. The second-order valence-corrected chi connectivity index (χ2v) is 6.84. The molecule has 1 saturated heterocycles. The van der Waals surface area contributed by atoms with Gasteiger partial charge in [-0.05, 0) is 23.3 Å². The summed E-state index contributed by atoms with van der Waals surface area (Å²) in [7, 11) is 0. The SMILES string of the molecule is Cl.N[C@@H]1CN(CC(=O)NCc2ccc3c(c2)OCO3)C[C@H]1c1ccccc1. The quantitative estimate of drug-likeness (QED) is 0.816. The van der Waals surface area contributed by atoms with Crippen LogP contribution in [0.25, 0.3) is 0 Å². The number of rotatable bonds is 5. The molecule has 27 heavy (non-hydrogen) atoms. The van der Waals surface area contributed by atoms with Crippen LogP contribution in [0.15, 0.2) is 48.5 Å². The van der Waals surface area contributed by atoms with Crippen LogP contribution >= 0.6 is 12.4 Å². The lowest BCUT2D eigenvalue weighted by atomic mass is 9.95. The molecule has 7 heteroatoms. The number of carbonyl (C=O) groups is 1. The molecule has 144 valence electrons. The Labute approximate surface area is 165 Å². The molecule has 0 saturated carbocycles. The summed E-state index contributed by atoms with van der Waals surface area (Å²) in [6.07, 6.45) is 0. The van der Waals surface area contributed by atoms with E-state index in [4.69, 9.17) is 15.2 Å². The van der Waals surface area contributed by atoms with Crippen LogP contribution in [0.2, 0.25) is 0 Å². The number of nitrogens with zero attached hydrogens (tertiary/aromatic N) is 1. The van der Waals surface area contributed by atoms with E-state index in [1.807, 2.05) is 36.4 Å². The summed E-state index contributed by atoms with van der Waals surface area (Å²) in [4.78, 5) is 14.4. The number of benzene rings is 2. The second-order valence-electron chi connectivity index (χ2n) is 6.84. The zero-order valence-electron chi connectivity index (χ0n) is 15.0. The van der Waals surface area contributed by atoms with Crippen molar-refractivity contribution >= 4 is 18.3 Å². The highest BCUT2D eigenvalue weighted by Gasteiger charge is 2.31. The molecule has 3 N–H and O–H groups in total. The van der Waals surface area contributed by atoms with Crippen molar-refractivity contribution in [1.82, 2.24) is 10.2 Å². The van der Waals surface area contributed by atoms with Crippen molar-refractivity contribution in [2.75, 3.05) is 26.4 Å². The molecule has 0 unspecified atom stereocenters. The summed E-state index contributed by atoms with van der Waals surface area (Å²) >= 11 is 0. The fourth-order valence-corrected chi connectivity index (χ4v) is 3.61. The van der Waals surface area contributed by atoms with E-state index in [0.717, 1.165) is 30.2 Å². The highest BCUT2D eigenvalue weighted by Crippen LogP contribution is 2.32. The van der Waals surface area contributed by atoms with E-state index in [1.54, 1.807) is 0 Å². The molecule has 6 nitrogen and oxygen atoms in total. The van der Waals surface area contributed by atoms with Gasteiger partial charge in [-0.2, -0.15) is 0 Å². The Morgan fingerprint density at radius 1 is 1.11 bits per heavy atom. The molecule has 1 amide bonds. The van der Waals surface area contributed by atoms with Gasteiger partial charge in [-0.1, -0.05) is 36.4 Å². The van der Waals surface area contributed by atoms with Gasteiger partial charge in [-0.15, -0.1) is 12.4 Å². The normalized spacial score (nSPS) is 20.9. The standard InChI is InChI=1S/C20H23N3O3.ClH/c21-17-11-23(10-16(17)15-4-2-1-3-5-15)12-20(24)22-9-14-6-7-18-19(8-14)26-13-25-18;/h1-8,16-17H,9-13,21H2,(H,22,24);1H/t16-,17+;/m0./s1. The van der Waals surface area contributed by atoms with E-state index in [1.165, 1.54) is 5.56 Å². The molecule has 0 aliphatic carbocycles. The maximum absolute atomic E-state index is 12.3. The van der Waals surface area contributed by atoms with Crippen LogP contribution in [0.3, 0.4) is 0 Å². The number of amides is 1. The summed E-state index contributed by atoms with van der Waals surface area (Å²) in [5, 5.41) is 2.97. The molecule has 2 aliphatic rings. The third-order valence-corrected chi connectivity index (χ3v) is 4.96. The highest BCUT2D eigenvalue weighted by molar-refractivity contribution is 5.85. The topological polar surface area (TPSA) is 76.8 Å². The zero-order valence-corrected chi connectivity index (χ0v) is 15.8. The molecule has 1 fully saturated rings. The number of nitrogens with one attached hydrogen (secondary N) is 1. The van der Waals surface area contributed by atoms with E-state index in [0.29, 0.717) is 13.1 Å². The number of likely N-dealkylation sites (tertiary alicyclic amines) is 1. The fourth-order valence-electron chi connectivity index (χ4n) is 3.61. The number of ether oxygens (including phenoxy) is 2. The van der Waals surface area contributed by atoms with Crippen molar-refractivity contribution in [3.63, 3.8) is 0 Å². The van der Waals surface area contributed by atoms with Crippen LogP contribution in [-0.4, -0.2) is 43.3 Å². The van der Waals surface area contributed by atoms with Gasteiger partial charge in [-0.25, -0.2) is 0 Å². The molecular weight excluding hydrogens is 366 g/mol. The van der Waals surface area contributed by atoms with Gasteiger partial charge in [0.25, 0.3) is 0 Å². The predicted molar refractivity (Wildman–Crippen MR) is 105 cm³/mol. The average molecular weight is 390 g/mol. The first-order valence-corrected chi connectivity index (χ1v) is 8.87. The number of carbonyl (C=O) groups excluding carboxylic acids is 1. The van der Waals surface area contributed by atoms with Crippen molar-refractivity contribution < 1.29 is 14.3 Å². The smallest absolute Gasteiger partial charge is 0.234 e. The van der Waals surface area contributed by atoms with Crippen molar-refractivity contribution in [2.45, 2.75) is 18.5 Å². The Hall–Kier alpha value is -2.28. The molecule has 2 aromatic carbocycles. The number of hydrogen-bond donors (Lipinski definition) is 2. The summed E-state index contributed by atoms with van der Waals surface area (Å²) < 4.78 is 10.7. The third kappa shape index (κ3) is 4.53. The number of hydrogen-bond acceptors (Lipinski definition) is 5. The van der Waals surface area contributed by atoms with Crippen molar-refractivity contribution in [1.29, 1.82) is 0 Å². The lowest BCUT2D eigenvalue weighted by Gasteiger charge is -2.16. The van der Waals surface area contributed by atoms with Crippen LogP contribution in [-0.2, 0) is 11.3 Å². The Bertz CT molecular complexity index is 787. The van der Waals surface area contributed by atoms with Gasteiger partial charge in [0.05, 0.1) is 6.54 Å². The largest absolute Gasteiger partial charge is 0.454 e. The maximum Gasteiger partial charge on any atom is 0.234 e. The van der Waals surface area contributed by atoms with Gasteiger partial charge >= 0.3 is 0 Å². The molecular formula is C20H24ClN3O3. The minimum absolute atomic E-state index is 0. The molecule has 2 heterocycles. The van der Waals surface area contributed by atoms with E-state index in [-0.39, 0.29) is 37.1 Å². The minimum atomic E-state index is 0. The van der Waals surface area contributed by atoms with Gasteiger partial charge in [0.15, 0.2) is 11.5 Å². The first kappa shape index (κ1) is 19.5. The van der Waals surface area contributed by atoms with Gasteiger partial charge < -0.3 is 20.5 Å². The predicted octanol–water partition coefficient (Wildman–Crippen LogP) is 1.88. The Balaban J connectivity index is 0.00000210. The van der Waals surface area contributed by atoms with Gasteiger partial charge in [-0.3, -0.25) is 9.69 Å². The highest BCUT2D eigenvalue weighted by atomic mass is 35.5. The lowest BCUT2D eigenvalue weighted by molar-refractivity contribution is -0.122. The summed E-state index contributed by atoms with van der Waals surface area (Å²) in [5.74, 6) is 1.76. The van der Waals surface area contributed by atoms with Gasteiger partial charge in [0, 0.05) is 31.6 Å². The lowest BCUT2D eigenvalue weighted by Crippen LogP contribution is -2.37. The Morgan fingerprint density at radius 3 is 2.70 bits per heavy atom. The molecule has 0 spiro atoms. The Morgan fingerprint density at radius 2 is 1.89 bits per heavy atom. The van der Waals surface area contributed by atoms with E-state index < -0.39 is 0 Å². The first-order valence-electron chi connectivity index (χ1n) is 8.87. The van der Waals surface area contributed by atoms with Crippen LogP contribution in [0.1, 0.15) is 17.0 Å². The van der Waals surface area contributed by atoms with Gasteiger partial charge in [0.2, 0.25) is 12.7 Å². The summed E-state index contributed by atoms with van der Waals surface area (Å²) in [5.41, 5.74) is 8.52. The minimum Gasteiger partial charge on any atom is -0.454 e. The molecule has 0 radical (unpaired) electrons.